The Balaban J connectivity index is 1.32. The first-order chi connectivity index (χ1) is 15.1. The largest absolute Gasteiger partial charge is 0.372 e. The van der Waals surface area contributed by atoms with Gasteiger partial charge in [0.05, 0.1) is 0 Å². The number of hydrogen-bond acceptors (Lipinski definition) is 6. The number of carbonyl (C=O) groups is 1. The Labute approximate surface area is 187 Å². The van der Waals surface area contributed by atoms with E-state index in [0.717, 1.165) is 70.6 Å². The minimum Gasteiger partial charge on any atom is -0.372 e. The predicted molar refractivity (Wildman–Crippen MR) is 121 cm³/mol. The van der Waals surface area contributed by atoms with E-state index in [1.165, 1.54) is 25.0 Å². The van der Waals surface area contributed by atoms with Crippen molar-refractivity contribution >= 4 is 34.5 Å². The lowest BCUT2D eigenvalue weighted by atomic mass is 9.98. The molecule has 5 heterocycles. The smallest absolute Gasteiger partial charge is 0.289 e. The molecule has 0 aliphatic carbocycles. The maximum atomic E-state index is 13.2. The number of piperidine rings is 3. The minimum atomic E-state index is -0.0744. The topological polar surface area (TPSA) is 81.2 Å². The molecule has 2 aromatic heterocycles. The molecule has 8 nitrogen and oxygen atoms in total. The molecular formula is C22H30ClN7O. The van der Waals surface area contributed by atoms with Gasteiger partial charge in [-0.25, -0.2) is 4.98 Å². The third-order valence-corrected chi connectivity index (χ3v) is 7.04. The molecule has 9 heteroatoms. The summed E-state index contributed by atoms with van der Waals surface area (Å²) < 4.78 is 0. The number of nitrogens with zero attached hydrogens (tertiary/aromatic N) is 6. The average Bonchev–Trinajstić information content (AvgIpc) is 3.23. The van der Waals surface area contributed by atoms with Crippen LogP contribution in [0.3, 0.4) is 0 Å². The normalized spacial score (nSPS) is 21.2. The average molecular weight is 444 g/mol. The maximum absolute atomic E-state index is 13.2. The summed E-state index contributed by atoms with van der Waals surface area (Å²) in [5.41, 5.74) is 2.42. The molecule has 3 aliphatic rings. The second kappa shape index (κ2) is 8.65. The van der Waals surface area contributed by atoms with Crippen molar-refractivity contribution in [3.05, 3.63) is 23.4 Å². The molecule has 0 saturated carbocycles. The quantitative estimate of drug-likeness (QED) is 0.730. The van der Waals surface area contributed by atoms with Crippen molar-refractivity contribution < 1.29 is 4.79 Å². The molecule has 0 atom stereocenters. The number of aromatic amines is 1. The molecule has 3 fully saturated rings. The third-order valence-electron chi connectivity index (χ3n) is 6.87. The SMILES string of the molecule is C=C1CCCCN1C1CCN(C(=O)c2nc3c(N4CCCCC4)nc(Cl)nc3[nH]2)CC1. The predicted octanol–water partition coefficient (Wildman–Crippen LogP) is 3.60. The van der Waals surface area contributed by atoms with Gasteiger partial charge in [0.1, 0.15) is 0 Å². The van der Waals surface area contributed by atoms with E-state index in [4.69, 9.17) is 11.6 Å². The van der Waals surface area contributed by atoms with E-state index in [9.17, 15) is 4.79 Å². The number of nitrogens with one attached hydrogen (secondary N) is 1. The van der Waals surface area contributed by atoms with E-state index in [1.54, 1.807) is 0 Å². The summed E-state index contributed by atoms with van der Waals surface area (Å²) in [4.78, 5) is 36.2. The number of aromatic nitrogens is 4. The number of fused-ring (bicyclic) bond motifs is 1. The monoisotopic (exact) mass is 443 g/mol. The molecule has 5 rings (SSSR count). The zero-order valence-corrected chi connectivity index (χ0v) is 18.7. The molecule has 0 spiro atoms. The van der Waals surface area contributed by atoms with Crippen LogP contribution in [0.2, 0.25) is 5.28 Å². The van der Waals surface area contributed by atoms with E-state index in [2.05, 4.69) is 36.3 Å². The number of halogens is 1. The van der Waals surface area contributed by atoms with Crippen molar-refractivity contribution in [3.8, 4) is 0 Å². The summed E-state index contributed by atoms with van der Waals surface area (Å²) in [6, 6.07) is 0.489. The second-order valence-electron chi connectivity index (χ2n) is 8.89. The summed E-state index contributed by atoms with van der Waals surface area (Å²) >= 11 is 6.18. The van der Waals surface area contributed by atoms with Gasteiger partial charge < -0.3 is 19.7 Å². The standard InChI is InChI=1S/C22H30ClN7O/c1-15-7-3-6-12-30(15)16-8-13-29(14-9-16)21(31)19-24-17-18(25-19)26-22(23)27-20(17)28-10-4-2-5-11-28/h16H,1-14H2,(H,24,25,26,27). The van der Waals surface area contributed by atoms with E-state index < -0.39 is 0 Å². The van der Waals surface area contributed by atoms with Gasteiger partial charge >= 0.3 is 0 Å². The van der Waals surface area contributed by atoms with Gasteiger partial charge in [-0.15, -0.1) is 0 Å². The highest BCUT2D eigenvalue weighted by Crippen LogP contribution is 2.29. The molecule has 1 amide bonds. The molecule has 0 aromatic carbocycles. The van der Waals surface area contributed by atoms with E-state index in [-0.39, 0.29) is 11.2 Å². The fourth-order valence-corrected chi connectivity index (χ4v) is 5.33. The van der Waals surface area contributed by atoms with E-state index >= 15 is 0 Å². The number of rotatable bonds is 3. The van der Waals surface area contributed by atoms with Crippen LogP contribution in [-0.4, -0.2) is 74.4 Å². The lowest BCUT2D eigenvalue weighted by molar-refractivity contribution is 0.0629. The van der Waals surface area contributed by atoms with Crippen LogP contribution in [0, 0.1) is 0 Å². The maximum Gasteiger partial charge on any atom is 0.289 e. The van der Waals surface area contributed by atoms with E-state index in [1.807, 2.05) is 4.90 Å². The molecule has 0 bridgehead atoms. The number of anilines is 1. The summed E-state index contributed by atoms with van der Waals surface area (Å²) in [5, 5.41) is 0.179. The van der Waals surface area contributed by atoms with Gasteiger partial charge in [0, 0.05) is 44.5 Å². The van der Waals surface area contributed by atoms with Crippen LogP contribution in [0.4, 0.5) is 5.82 Å². The number of H-pyrrole nitrogens is 1. The fraction of sp³-hybridized carbons (Fsp3) is 0.636. The molecule has 31 heavy (non-hydrogen) atoms. The lowest BCUT2D eigenvalue weighted by Crippen LogP contribution is -2.47. The molecule has 0 radical (unpaired) electrons. The summed E-state index contributed by atoms with van der Waals surface area (Å²) in [6.45, 7) is 8.66. The number of allylic oxidation sites excluding steroid dienone is 1. The molecule has 0 unspecified atom stereocenters. The number of imidazole rings is 1. The number of hydrogen-bond donors (Lipinski definition) is 1. The van der Waals surface area contributed by atoms with Gasteiger partial charge in [0.25, 0.3) is 5.91 Å². The van der Waals surface area contributed by atoms with Gasteiger partial charge in [-0.05, 0) is 63.0 Å². The van der Waals surface area contributed by atoms with Gasteiger partial charge in [-0.2, -0.15) is 9.97 Å². The van der Waals surface area contributed by atoms with Crippen molar-refractivity contribution in [3.63, 3.8) is 0 Å². The molecule has 2 aromatic rings. The Bertz CT molecular complexity index is 976. The van der Waals surface area contributed by atoms with Crippen LogP contribution in [0.5, 0.6) is 0 Å². The Morgan fingerprint density at radius 1 is 0.968 bits per heavy atom. The lowest BCUT2D eigenvalue weighted by Gasteiger charge is -2.42. The first-order valence-electron chi connectivity index (χ1n) is 11.5. The molecule has 1 N–H and O–H groups in total. The van der Waals surface area contributed by atoms with Gasteiger partial charge in [0.2, 0.25) is 5.28 Å². The van der Waals surface area contributed by atoms with Crippen molar-refractivity contribution in [2.45, 2.75) is 57.4 Å². The summed E-state index contributed by atoms with van der Waals surface area (Å²) in [6.07, 6.45) is 8.98. The fourth-order valence-electron chi connectivity index (χ4n) is 5.17. The summed E-state index contributed by atoms with van der Waals surface area (Å²) in [5.74, 6) is 0.979. The van der Waals surface area contributed by atoms with Crippen LogP contribution in [0.1, 0.15) is 62.0 Å². The highest BCUT2D eigenvalue weighted by molar-refractivity contribution is 6.28. The first-order valence-corrected chi connectivity index (χ1v) is 11.9. The van der Waals surface area contributed by atoms with Crippen LogP contribution in [-0.2, 0) is 0 Å². The Morgan fingerprint density at radius 3 is 2.45 bits per heavy atom. The van der Waals surface area contributed by atoms with Crippen LogP contribution in [0.25, 0.3) is 11.2 Å². The molecule has 3 aliphatic heterocycles. The molecular weight excluding hydrogens is 414 g/mol. The number of likely N-dealkylation sites (tertiary alicyclic amines) is 2. The Kier molecular flexibility index (Phi) is 5.73. The van der Waals surface area contributed by atoms with Crippen LogP contribution >= 0.6 is 11.6 Å². The van der Waals surface area contributed by atoms with Crippen LogP contribution < -0.4 is 4.90 Å². The minimum absolute atomic E-state index is 0.0744. The highest BCUT2D eigenvalue weighted by atomic mass is 35.5. The zero-order chi connectivity index (χ0) is 21.4. The number of amides is 1. The van der Waals surface area contributed by atoms with E-state index in [0.29, 0.717) is 23.0 Å². The van der Waals surface area contributed by atoms with Gasteiger partial charge in [0.15, 0.2) is 22.8 Å². The van der Waals surface area contributed by atoms with Crippen molar-refractivity contribution in [1.82, 2.24) is 29.7 Å². The van der Waals surface area contributed by atoms with Crippen molar-refractivity contribution in [2.24, 2.45) is 0 Å². The van der Waals surface area contributed by atoms with Crippen LogP contribution in [0.15, 0.2) is 12.3 Å². The zero-order valence-electron chi connectivity index (χ0n) is 17.9. The number of carbonyl (C=O) groups excluding carboxylic acids is 1. The molecule has 166 valence electrons. The van der Waals surface area contributed by atoms with Gasteiger partial charge in [-0.3, -0.25) is 4.79 Å². The van der Waals surface area contributed by atoms with Crippen molar-refractivity contribution in [1.29, 1.82) is 0 Å². The van der Waals surface area contributed by atoms with Crippen molar-refractivity contribution in [2.75, 3.05) is 37.6 Å². The Morgan fingerprint density at radius 2 is 1.71 bits per heavy atom. The first kappa shape index (κ1) is 20.5. The third kappa shape index (κ3) is 4.10. The summed E-state index contributed by atoms with van der Waals surface area (Å²) in [7, 11) is 0. The molecule has 3 saturated heterocycles. The Hall–Kier alpha value is -2.35. The second-order valence-corrected chi connectivity index (χ2v) is 9.22. The van der Waals surface area contributed by atoms with Gasteiger partial charge in [-0.1, -0.05) is 6.58 Å². The highest BCUT2D eigenvalue weighted by Gasteiger charge is 2.30.